The molecule has 0 radical (unpaired) electrons. The molecule has 3 aromatic rings. The number of para-hydroxylation sites is 2. The number of aromatic amines is 1. The van der Waals surface area contributed by atoms with Crippen molar-refractivity contribution in [3.8, 4) is 11.5 Å². The lowest BCUT2D eigenvalue weighted by molar-refractivity contribution is 0.290. The minimum Gasteiger partial charge on any atom is -0.496 e. The molecule has 0 bridgehead atoms. The third-order valence-electron chi connectivity index (χ3n) is 3.28. The van der Waals surface area contributed by atoms with Crippen molar-refractivity contribution in [2.45, 2.75) is 6.61 Å². The van der Waals surface area contributed by atoms with Gasteiger partial charge in [0.25, 0.3) is 0 Å². The summed E-state index contributed by atoms with van der Waals surface area (Å²) in [7, 11) is 1.62. The van der Waals surface area contributed by atoms with Crippen LogP contribution in [0.1, 0.15) is 11.4 Å². The standard InChI is InChI=1S/C17H16N4O2S/c1-22-15-10-6-5-7-13(15)11-18-21-16(19-20-17(21)24)12-23-14-8-3-2-4-9-14/h2-11H,12H2,1H3,(H,20,24). The highest BCUT2D eigenvalue weighted by molar-refractivity contribution is 7.71. The second-order valence-corrected chi connectivity index (χ2v) is 5.23. The maximum Gasteiger partial charge on any atom is 0.216 e. The Morgan fingerprint density at radius 2 is 1.92 bits per heavy atom. The van der Waals surface area contributed by atoms with Crippen molar-refractivity contribution in [1.82, 2.24) is 14.9 Å². The molecule has 1 aromatic heterocycles. The van der Waals surface area contributed by atoms with E-state index in [4.69, 9.17) is 21.7 Å². The number of aromatic nitrogens is 3. The molecule has 0 unspecified atom stereocenters. The molecule has 0 amide bonds. The number of nitrogens with zero attached hydrogens (tertiary/aromatic N) is 3. The van der Waals surface area contributed by atoms with Crippen LogP contribution < -0.4 is 9.47 Å². The van der Waals surface area contributed by atoms with E-state index in [1.165, 1.54) is 4.68 Å². The van der Waals surface area contributed by atoms with Crippen LogP contribution in [0.15, 0.2) is 59.7 Å². The molecule has 2 aromatic carbocycles. The van der Waals surface area contributed by atoms with Crippen LogP contribution in [0.3, 0.4) is 0 Å². The molecule has 0 aliphatic heterocycles. The van der Waals surface area contributed by atoms with Crippen LogP contribution in [0, 0.1) is 4.77 Å². The van der Waals surface area contributed by atoms with E-state index in [-0.39, 0.29) is 6.61 Å². The normalized spacial score (nSPS) is 10.9. The van der Waals surface area contributed by atoms with Gasteiger partial charge in [-0.2, -0.15) is 14.9 Å². The summed E-state index contributed by atoms with van der Waals surface area (Å²) in [5, 5.41) is 11.3. The van der Waals surface area contributed by atoms with Crippen LogP contribution in [0.4, 0.5) is 0 Å². The number of nitrogens with one attached hydrogen (secondary N) is 1. The lowest BCUT2D eigenvalue weighted by Gasteiger charge is -2.05. The van der Waals surface area contributed by atoms with Crippen LogP contribution in [-0.2, 0) is 6.61 Å². The quantitative estimate of drug-likeness (QED) is 0.552. The Hall–Kier alpha value is -2.93. The largest absolute Gasteiger partial charge is 0.496 e. The summed E-state index contributed by atoms with van der Waals surface area (Å²) in [4.78, 5) is 0. The van der Waals surface area contributed by atoms with Gasteiger partial charge >= 0.3 is 0 Å². The van der Waals surface area contributed by atoms with E-state index in [1.54, 1.807) is 13.3 Å². The summed E-state index contributed by atoms with van der Waals surface area (Å²) >= 11 is 5.22. The van der Waals surface area contributed by atoms with Gasteiger partial charge in [0.15, 0.2) is 5.82 Å². The molecule has 0 aliphatic rings. The van der Waals surface area contributed by atoms with Crippen molar-refractivity contribution >= 4 is 18.4 Å². The molecule has 0 saturated carbocycles. The van der Waals surface area contributed by atoms with E-state index < -0.39 is 0 Å². The minimum atomic E-state index is 0.250. The molecule has 24 heavy (non-hydrogen) atoms. The fourth-order valence-corrected chi connectivity index (χ4v) is 2.29. The second-order valence-electron chi connectivity index (χ2n) is 4.85. The summed E-state index contributed by atoms with van der Waals surface area (Å²) in [6.45, 7) is 0.250. The zero-order valence-electron chi connectivity index (χ0n) is 13.0. The van der Waals surface area contributed by atoms with Crippen LogP contribution in [0.5, 0.6) is 11.5 Å². The Morgan fingerprint density at radius 1 is 1.17 bits per heavy atom. The average molecular weight is 340 g/mol. The van der Waals surface area contributed by atoms with Gasteiger partial charge < -0.3 is 9.47 Å². The van der Waals surface area contributed by atoms with Crippen LogP contribution in [0.25, 0.3) is 0 Å². The van der Waals surface area contributed by atoms with E-state index >= 15 is 0 Å². The monoisotopic (exact) mass is 340 g/mol. The van der Waals surface area contributed by atoms with E-state index in [1.807, 2.05) is 54.6 Å². The molecule has 0 atom stereocenters. The smallest absolute Gasteiger partial charge is 0.216 e. The van der Waals surface area contributed by atoms with Gasteiger partial charge in [-0.25, -0.2) is 5.10 Å². The third-order valence-corrected chi connectivity index (χ3v) is 3.54. The number of hydrogen-bond acceptors (Lipinski definition) is 5. The molecule has 6 nitrogen and oxygen atoms in total. The molecule has 7 heteroatoms. The van der Waals surface area contributed by atoms with Crippen molar-refractivity contribution in [2.75, 3.05) is 7.11 Å². The maximum absolute atomic E-state index is 5.69. The highest BCUT2D eigenvalue weighted by atomic mass is 32.1. The number of hydrogen-bond donors (Lipinski definition) is 1. The summed E-state index contributed by atoms with van der Waals surface area (Å²) < 4.78 is 12.9. The molecule has 0 fully saturated rings. The Morgan fingerprint density at radius 3 is 2.71 bits per heavy atom. The van der Waals surface area contributed by atoms with Gasteiger partial charge in [-0.15, -0.1) is 0 Å². The first-order valence-electron chi connectivity index (χ1n) is 7.29. The highest BCUT2D eigenvalue weighted by Gasteiger charge is 2.06. The molecule has 0 aliphatic carbocycles. The molecule has 0 saturated heterocycles. The molecule has 0 spiro atoms. The van der Waals surface area contributed by atoms with Gasteiger partial charge in [-0.3, -0.25) is 0 Å². The van der Waals surface area contributed by atoms with Gasteiger partial charge in [0.2, 0.25) is 4.77 Å². The molecule has 3 rings (SSSR count). The molecular weight excluding hydrogens is 324 g/mol. The zero-order valence-corrected chi connectivity index (χ0v) is 13.9. The Bertz CT molecular complexity index is 887. The summed E-state index contributed by atoms with van der Waals surface area (Å²) in [5.41, 5.74) is 0.845. The Balaban J connectivity index is 1.80. The van der Waals surface area contributed by atoms with E-state index in [0.29, 0.717) is 10.6 Å². The summed E-state index contributed by atoms with van der Waals surface area (Å²) in [5.74, 6) is 2.07. The van der Waals surface area contributed by atoms with Crippen molar-refractivity contribution in [1.29, 1.82) is 0 Å². The zero-order chi connectivity index (χ0) is 16.8. The van der Waals surface area contributed by atoms with Crippen LogP contribution in [0.2, 0.25) is 0 Å². The van der Waals surface area contributed by atoms with Gasteiger partial charge in [-0.1, -0.05) is 30.3 Å². The number of ether oxygens (including phenoxy) is 2. The molecular formula is C17H16N4O2S. The molecule has 122 valence electrons. The summed E-state index contributed by atoms with van der Waals surface area (Å²) in [6.07, 6.45) is 1.68. The number of H-pyrrole nitrogens is 1. The lowest BCUT2D eigenvalue weighted by Crippen LogP contribution is -2.04. The fourth-order valence-electron chi connectivity index (χ4n) is 2.09. The van der Waals surface area contributed by atoms with Gasteiger partial charge in [0.05, 0.1) is 13.3 Å². The van der Waals surface area contributed by atoms with E-state index in [2.05, 4.69) is 15.3 Å². The predicted octanol–water partition coefficient (Wildman–Crippen LogP) is 3.41. The van der Waals surface area contributed by atoms with Gasteiger partial charge in [0, 0.05) is 5.56 Å². The highest BCUT2D eigenvalue weighted by Crippen LogP contribution is 2.15. The topological polar surface area (TPSA) is 64.4 Å². The van der Waals surface area contributed by atoms with Crippen LogP contribution in [-0.4, -0.2) is 28.2 Å². The lowest BCUT2D eigenvalue weighted by atomic mass is 10.2. The Kier molecular flexibility index (Phi) is 5.02. The van der Waals surface area contributed by atoms with Crippen molar-refractivity contribution in [3.63, 3.8) is 0 Å². The number of methoxy groups -OCH3 is 1. The van der Waals surface area contributed by atoms with Gasteiger partial charge in [-0.05, 0) is 36.5 Å². The third kappa shape index (κ3) is 3.69. The van der Waals surface area contributed by atoms with Crippen molar-refractivity contribution < 1.29 is 9.47 Å². The minimum absolute atomic E-state index is 0.250. The first-order chi connectivity index (χ1) is 11.8. The SMILES string of the molecule is COc1ccccc1C=Nn1c(COc2ccccc2)n[nH]c1=S. The van der Waals surface area contributed by atoms with Crippen molar-refractivity contribution in [3.05, 3.63) is 70.8 Å². The van der Waals surface area contributed by atoms with E-state index in [0.717, 1.165) is 17.1 Å². The Labute approximate surface area is 144 Å². The van der Waals surface area contributed by atoms with Gasteiger partial charge in [0.1, 0.15) is 18.1 Å². The molecule has 1 N–H and O–H groups in total. The first kappa shape index (κ1) is 15.9. The number of rotatable bonds is 6. The predicted molar refractivity (Wildman–Crippen MR) is 94.2 cm³/mol. The number of benzene rings is 2. The van der Waals surface area contributed by atoms with E-state index in [9.17, 15) is 0 Å². The summed E-state index contributed by atoms with van der Waals surface area (Å²) in [6, 6.07) is 17.1. The van der Waals surface area contributed by atoms with Crippen molar-refractivity contribution in [2.24, 2.45) is 5.10 Å². The average Bonchev–Trinajstić information content (AvgIpc) is 2.99. The maximum atomic E-state index is 5.69. The molecule has 1 heterocycles. The first-order valence-corrected chi connectivity index (χ1v) is 7.70. The second kappa shape index (κ2) is 7.56. The van der Waals surface area contributed by atoms with Crippen LogP contribution >= 0.6 is 12.2 Å². The fraction of sp³-hybridized carbons (Fsp3) is 0.118.